The first-order valence-corrected chi connectivity index (χ1v) is 12.3. The number of carbonyl (C=O) groups excluding carboxylic acids is 3. The van der Waals surface area contributed by atoms with Crippen molar-refractivity contribution in [1.29, 1.82) is 0 Å². The van der Waals surface area contributed by atoms with Gasteiger partial charge in [-0.1, -0.05) is 29.3 Å². The van der Waals surface area contributed by atoms with E-state index in [1.54, 1.807) is 78.0 Å². The van der Waals surface area contributed by atoms with Gasteiger partial charge in [0.15, 0.2) is 0 Å². The monoisotopic (exact) mass is 549 g/mol. The number of anilines is 1. The molecule has 0 aliphatic carbocycles. The molecule has 198 valence electrons. The summed E-state index contributed by atoms with van der Waals surface area (Å²) in [4.78, 5) is 39.0. The zero-order chi connectivity index (χ0) is 27.5. The fraction of sp³-hybridized carbons (Fsp3) is 0.370. The van der Waals surface area contributed by atoms with E-state index in [-0.39, 0.29) is 18.8 Å². The molecule has 3 rings (SSSR count). The van der Waals surface area contributed by atoms with Gasteiger partial charge in [-0.2, -0.15) is 0 Å². The molecular weight excluding hydrogens is 521 g/mol. The van der Waals surface area contributed by atoms with E-state index < -0.39 is 29.4 Å². The highest BCUT2D eigenvalue weighted by molar-refractivity contribution is 6.42. The second-order valence-electron chi connectivity index (χ2n) is 10.2. The summed E-state index contributed by atoms with van der Waals surface area (Å²) in [5, 5.41) is 0.771. The fourth-order valence-electron chi connectivity index (χ4n) is 3.37. The first-order valence-electron chi connectivity index (χ1n) is 11.5. The molecule has 1 aliphatic rings. The van der Waals surface area contributed by atoms with E-state index in [2.05, 4.69) is 0 Å². The largest absolute Gasteiger partial charge is 0.508 e. The maximum absolute atomic E-state index is 13.4. The number of ether oxygens (including phenoxy) is 4. The van der Waals surface area contributed by atoms with Crippen molar-refractivity contribution in [2.24, 2.45) is 0 Å². The predicted octanol–water partition coefficient (Wildman–Crippen LogP) is 7.15. The van der Waals surface area contributed by atoms with E-state index in [4.69, 9.17) is 42.1 Å². The lowest BCUT2D eigenvalue weighted by molar-refractivity contribution is -0.112. The van der Waals surface area contributed by atoms with Gasteiger partial charge < -0.3 is 18.9 Å². The number of hydrogen-bond acceptors (Lipinski definition) is 7. The molecule has 8 nitrogen and oxygen atoms in total. The Morgan fingerprint density at radius 3 is 2.16 bits per heavy atom. The number of fused-ring (bicyclic) bond motifs is 1. The van der Waals surface area contributed by atoms with Gasteiger partial charge in [-0.3, -0.25) is 4.79 Å². The lowest BCUT2D eigenvalue weighted by atomic mass is 10.0. The number of amides is 2. The smallest absolute Gasteiger partial charge is 0.489 e. The lowest BCUT2D eigenvalue weighted by Gasteiger charge is -2.23. The third-order valence-electron chi connectivity index (χ3n) is 4.72. The summed E-state index contributed by atoms with van der Waals surface area (Å²) in [6.45, 7) is 10.3. The highest BCUT2D eigenvalue weighted by Crippen LogP contribution is 2.41. The normalized spacial score (nSPS) is 14.4. The number of carbonyl (C=O) groups is 3. The van der Waals surface area contributed by atoms with Crippen LogP contribution in [-0.2, 0) is 19.0 Å². The van der Waals surface area contributed by atoms with E-state index >= 15 is 0 Å². The number of halogens is 2. The van der Waals surface area contributed by atoms with Gasteiger partial charge in [-0.05, 0) is 78.0 Å². The van der Waals surface area contributed by atoms with Gasteiger partial charge in [-0.25, -0.2) is 14.5 Å². The SMILES string of the molecule is CC(C)(C)OC(=O)OCCOc1ccc(Cl)cc1/C=C1/C(=O)N(C(=O)OC(C)(C)C)c2cc(Cl)ccc21. The Morgan fingerprint density at radius 1 is 0.892 bits per heavy atom. The van der Waals surface area contributed by atoms with Gasteiger partial charge in [0.2, 0.25) is 0 Å². The second kappa shape index (κ2) is 11.0. The van der Waals surface area contributed by atoms with E-state index in [1.165, 1.54) is 6.07 Å². The van der Waals surface area contributed by atoms with Crippen LogP contribution in [0.25, 0.3) is 11.6 Å². The second-order valence-corrected chi connectivity index (χ2v) is 11.1. The van der Waals surface area contributed by atoms with Crippen molar-refractivity contribution in [1.82, 2.24) is 0 Å². The minimum Gasteiger partial charge on any atom is -0.489 e. The van der Waals surface area contributed by atoms with Crippen LogP contribution < -0.4 is 9.64 Å². The van der Waals surface area contributed by atoms with Crippen molar-refractivity contribution in [3.8, 4) is 5.75 Å². The van der Waals surface area contributed by atoms with Crippen molar-refractivity contribution in [3.05, 3.63) is 57.6 Å². The van der Waals surface area contributed by atoms with E-state index in [9.17, 15) is 14.4 Å². The first-order chi connectivity index (χ1) is 17.1. The van der Waals surface area contributed by atoms with Crippen molar-refractivity contribution in [2.45, 2.75) is 52.7 Å². The molecule has 0 N–H and O–H groups in total. The van der Waals surface area contributed by atoms with Crippen LogP contribution in [0, 0.1) is 0 Å². The van der Waals surface area contributed by atoms with Crippen LogP contribution in [0.2, 0.25) is 10.0 Å². The van der Waals surface area contributed by atoms with Gasteiger partial charge in [0, 0.05) is 21.2 Å². The molecule has 0 fully saturated rings. The van der Waals surface area contributed by atoms with Crippen LogP contribution in [0.4, 0.5) is 15.3 Å². The lowest BCUT2D eigenvalue weighted by Crippen LogP contribution is -2.38. The number of rotatable bonds is 5. The minimum atomic E-state index is -0.814. The van der Waals surface area contributed by atoms with Crippen LogP contribution >= 0.6 is 23.2 Å². The molecule has 0 aromatic heterocycles. The molecule has 1 heterocycles. The Hall–Kier alpha value is -3.23. The number of hydrogen-bond donors (Lipinski definition) is 0. The van der Waals surface area contributed by atoms with Crippen LogP contribution in [0.3, 0.4) is 0 Å². The summed E-state index contributed by atoms with van der Waals surface area (Å²) in [6.07, 6.45) is -0.0371. The van der Waals surface area contributed by atoms with Crippen LogP contribution in [0.1, 0.15) is 52.7 Å². The molecule has 1 aliphatic heterocycles. The average Bonchev–Trinajstić information content (AvgIpc) is 3.00. The Kier molecular flexibility index (Phi) is 8.45. The average molecular weight is 550 g/mol. The van der Waals surface area contributed by atoms with E-state index in [1.807, 2.05) is 0 Å². The molecule has 0 atom stereocenters. The number of imide groups is 1. The molecule has 37 heavy (non-hydrogen) atoms. The molecule has 0 saturated carbocycles. The number of nitrogens with zero attached hydrogens (tertiary/aromatic N) is 1. The highest BCUT2D eigenvalue weighted by Gasteiger charge is 2.39. The third-order valence-corrected chi connectivity index (χ3v) is 5.19. The molecule has 0 radical (unpaired) electrons. The van der Waals surface area contributed by atoms with Crippen molar-refractivity contribution in [2.75, 3.05) is 18.1 Å². The van der Waals surface area contributed by atoms with Gasteiger partial charge >= 0.3 is 12.2 Å². The maximum Gasteiger partial charge on any atom is 0.508 e. The topological polar surface area (TPSA) is 91.4 Å². The summed E-state index contributed by atoms with van der Waals surface area (Å²) in [5.74, 6) is -0.186. The third kappa shape index (κ3) is 7.63. The summed E-state index contributed by atoms with van der Waals surface area (Å²) >= 11 is 12.4. The molecule has 0 unspecified atom stereocenters. The molecular formula is C27H29Cl2NO7. The van der Waals surface area contributed by atoms with Crippen LogP contribution in [0.5, 0.6) is 5.75 Å². The maximum atomic E-state index is 13.4. The first kappa shape index (κ1) is 28.3. The molecule has 0 spiro atoms. The Balaban J connectivity index is 1.87. The number of benzene rings is 2. The van der Waals surface area contributed by atoms with Crippen molar-refractivity contribution >= 4 is 58.7 Å². The van der Waals surface area contributed by atoms with Gasteiger partial charge in [0.1, 0.15) is 30.2 Å². The summed E-state index contributed by atoms with van der Waals surface area (Å²) < 4.78 is 21.4. The quantitative estimate of drug-likeness (QED) is 0.222. The zero-order valence-corrected chi connectivity index (χ0v) is 23.0. The summed E-state index contributed by atoms with van der Waals surface area (Å²) in [7, 11) is 0. The van der Waals surface area contributed by atoms with E-state index in [0.717, 1.165) is 4.90 Å². The Labute approximate surface area is 226 Å². The van der Waals surface area contributed by atoms with Crippen molar-refractivity contribution < 1.29 is 33.3 Å². The molecule has 0 bridgehead atoms. The molecule has 10 heteroatoms. The standard InChI is InChI=1S/C27H29Cl2NO7/c1-26(2,3)36-24(32)30-21-15-18(29)7-9-19(21)20(23(30)31)14-16-13-17(28)8-10-22(16)34-11-12-35-25(33)37-27(4,5)6/h7-10,13-15H,11-12H2,1-6H3/b20-14+. The summed E-state index contributed by atoms with van der Waals surface area (Å²) in [6, 6.07) is 9.70. The molecule has 0 saturated heterocycles. The molecule has 2 aromatic rings. The van der Waals surface area contributed by atoms with Crippen LogP contribution in [0.15, 0.2) is 36.4 Å². The molecule has 2 amide bonds. The van der Waals surface area contributed by atoms with Gasteiger partial charge in [0.05, 0.1) is 11.3 Å². The fourth-order valence-corrected chi connectivity index (χ4v) is 3.71. The van der Waals surface area contributed by atoms with Gasteiger partial charge in [-0.15, -0.1) is 0 Å². The molecule has 2 aromatic carbocycles. The summed E-state index contributed by atoms with van der Waals surface area (Å²) in [5.41, 5.74) is 0.0507. The predicted molar refractivity (Wildman–Crippen MR) is 142 cm³/mol. The highest BCUT2D eigenvalue weighted by atomic mass is 35.5. The Morgan fingerprint density at radius 2 is 1.51 bits per heavy atom. The Bertz CT molecular complexity index is 1240. The van der Waals surface area contributed by atoms with Crippen molar-refractivity contribution in [3.63, 3.8) is 0 Å². The zero-order valence-electron chi connectivity index (χ0n) is 21.5. The van der Waals surface area contributed by atoms with Crippen LogP contribution in [-0.4, -0.2) is 42.6 Å². The minimum absolute atomic E-state index is 0.0290. The van der Waals surface area contributed by atoms with E-state index in [0.29, 0.717) is 32.6 Å². The van der Waals surface area contributed by atoms with Gasteiger partial charge in [0.25, 0.3) is 5.91 Å².